The van der Waals surface area contributed by atoms with Crippen LogP contribution in [0.2, 0.25) is 0 Å². The molecule has 3 rings (SSSR count). The topological polar surface area (TPSA) is 94.5 Å². The lowest BCUT2D eigenvalue weighted by molar-refractivity contribution is -0.125. The average molecular weight is 330 g/mol. The van der Waals surface area contributed by atoms with Gasteiger partial charge in [-0.25, -0.2) is 4.68 Å². The number of rotatable bonds is 4. The summed E-state index contributed by atoms with van der Waals surface area (Å²) in [7, 11) is 3.06. The lowest BCUT2D eigenvalue weighted by Crippen LogP contribution is -2.35. The van der Waals surface area contributed by atoms with Crippen LogP contribution in [0.1, 0.15) is 18.2 Å². The van der Waals surface area contributed by atoms with Gasteiger partial charge in [0.05, 0.1) is 26.3 Å². The molecule has 8 nitrogen and oxygen atoms in total. The fourth-order valence-corrected chi connectivity index (χ4v) is 2.65. The van der Waals surface area contributed by atoms with E-state index in [0.717, 1.165) is 5.69 Å². The molecule has 126 valence electrons. The summed E-state index contributed by atoms with van der Waals surface area (Å²) in [5.41, 5.74) is 1.28. The van der Waals surface area contributed by atoms with Gasteiger partial charge in [0, 0.05) is 17.8 Å². The molecule has 0 aliphatic carbocycles. The fourth-order valence-electron chi connectivity index (χ4n) is 2.65. The number of methoxy groups -OCH3 is 2. The maximum absolute atomic E-state index is 12.6. The molecule has 0 radical (unpaired) electrons. The second-order valence-corrected chi connectivity index (χ2v) is 5.44. The van der Waals surface area contributed by atoms with Crippen molar-refractivity contribution in [3.63, 3.8) is 0 Å². The number of ether oxygens (including phenoxy) is 2. The van der Waals surface area contributed by atoms with E-state index in [-0.39, 0.29) is 18.2 Å². The lowest BCUT2D eigenvalue weighted by atomic mass is 10.1. The number of amides is 2. The number of benzene rings is 1. The van der Waals surface area contributed by atoms with Crippen LogP contribution in [0.5, 0.6) is 11.5 Å². The van der Waals surface area contributed by atoms with Gasteiger partial charge in [0.1, 0.15) is 11.9 Å². The van der Waals surface area contributed by atoms with Crippen molar-refractivity contribution in [3.05, 3.63) is 30.0 Å². The molecule has 2 N–H and O–H groups in total. The molecular formula is C16H18N4O4. The van der Waals surface area contributed by atoms with Gasteiger partial charge in [-0.1, -0.05) is 0 Å². The van der Waals surface area contributed by atoms with Gasteiger partial charge in [-0.3, -0.25) is 9.59 Å². The Morgan fingerprint density at radius 2 is 2.04 bits per heavy atom. The zero-order valence-electron chi connectivity index (χ0n) is 13.6. The number of nitrogens with zero attached hydrogens (tertiary/aromatic N) is 2. The van der Waals surface area contributed by atoms with E-state index in [1.165, 1.54) is 11.8 Å². The van der Waals surface area contributed by atoms with Gasteiger partial charge in [0.15, 0.2) is 11.5 Å². The highest BCUT2D eigenvalue weighted by molar-refractivity contribution is 6.01. The van der Waals surface area contributed by atoms with Crippen molar-refractivity contribution < 1.29 is 19.1 Å². The molecule has 0 fully saturated rings. The van der Waals surface area contributed by atoms with Crippen molar-refractivity contribution in [1.82, 2.24) is 9.78 Å². The van der Waals surface area contributed by atoms with Gasteiger partial charge in [-0.05, 0) is 19.1 Å². The van der Waals surface area contributed by atoms with E-state index >= 15 is 0 Å². The molecule has 2 aromatic rings. The lowest BCUT2D eigenvalue weighted by Gasteiger charge is -2.23. The maximum atomic E-state index is 12.6. The summed E-state index contributed by atoms with van der Waals surface area (Å²) < 4.78 is 11.9. The third kappa shape index (κ3) is 2.90. The second-order valence-electron chi connectivity index (χ2n) is 5.44. The Kier molecular flexibility index (Phi) is 4.11. The molecule has 0 saturated heterocycles. The van der Waals surface area contributed by atoms with E-state index in [2.05, 4.69) is 15.7 Å². The van der Waals surface area contributed by atoms with Crippen LogP contribution in [0, 0.1) is 6.92 Å². The van der Waals surface area contributed by atoms with E-state index in [4.69, 9.17) is 9.47 Å². The van der Waals surface area contributed by atoms with E-state index in [1.54, 1.807) is 38.3 Å². The summed E-state index contributed by atoms with van der Waals surface area (Å²) in [6.45, 7) is 1.81. The van der Waals surface area contributed by atoms with E-state index in [0.29, 0.717) is 23.0 Å². The molecule has 0 spiro atoms. The number of aryl methyl sites for hydroxylation is 1. The largest absolute Gasteiger partial charge is 0.493 e. The summed E-state index contributed by atoms with van der Waals surface area (Å²) in [5.74, 6) is 1.07. The fraction of sp³-hybridized carbons (Fsp3) is 0.312. The van der Waals surface area contributed by atoms with Crippen LogP contribution in [0.4, 0.5) is 11.5 Å². The summed E-state index contributed by atoms with van der Waals surface area (Å²) in [5, 5.41) is 9.79. The van der Waals surface area contributed by atoms with Crippen LogP contribution in [-0.2, 0) is 9.59 Å². The Labute approximate surface area is 138 Å². The van der Waals surface area contributed by atoms with Crippen molar-refractivity contribution in [1.29, 1.82) is 0 Å². The van der Waals surface area contributed by atoms with Crippen LogP contribution in [0.15, 0.2) is 24.3 Å². The van der Waals surface area contributed by atoms with Crippen molar-refractivity contribution in [3.8, 4) is 11.5 Å². The number of hydrogen-bond acceptors (Lipinski definition) is 5. The Balaban J connectivity index is 1.84. The molecule has 24 heavy (non-hydrogen) atoms. The number of carbonyl (C=O) groups excluding carboxylic acids is 2. The summed E-state index contributed by atoms with van der Waals surface area (Å²) >= 11 is 0. The van der Waals surface area contributed by atoms with Crippen LogP contribution in [0.25, 0.3) is 0 Å². The molecule has 2 heterocycles. The second kappa shape index (κ2) is 6.23. The monoisotopic (exact) mass is 330 g/mol. The van der Waals surface area contributed by atoms with Gasteiger partial charge in [-0.2, -0.15) is 5.10 Å². The highest BCUT2D eigenvalue weighted by Crippen LogP contribution is 2.31. The number of fused-ring (bicyclic) bond motifs is 1. The van der Waals surface area contributed by atoms with Crippen LogP contribution in [0.3, 0.4) is 0 Å². The smallest absolute Gasteiger partial charge is 0.249 e. The highest BCUT2D eigenvalue weighted by atomic mass is 16.5. The first-order valence-electron chi connectivity index (χ1n) is 7.40. The zero-order valence-corrected chi connectivity index (χ0v) is 13.6. The highest BCUT2D eigenvalue weighted by Gasteiger charge is 2.31. The van der Waals surface area contributed by atoms with Crippen molar-refractivity contribution >= 4 is 23.3 Å². The normalized spacial score (nSPS) is 16.1. The molecular weight excluding hydrogens is 312 g/mol. The number of anilines is 2. The molecule has 2 amide bonds. The molecule has 1 aliphatic heterocycles. The minimum Gasteiger partial charge on any atom is -0.493 e. The predicted octanol–water partition coefficient (Wildman–Crippen LogP) is 1.73. The number of nitrogens with one attached hydrogen (secondary N) is 2. The minimum absolute atomic E-state index is 0.0350. The van der Waals surface area contributed by atoms with E-state index < -0.39 is 6.04 Å². The Morgan fingerprint density at radius 1 is 1.29 bits per heavy atom. The van der Waals surface area contributed by atoms with Crippen LogP contribution < -0.4 is 20.1 Å². The van der Waals surface area contributed by atoms with Gasteiger partial charge in [-0.15, -0.1) is 0 Å². The van der Waals surface area contributed by atoms with Crippen molar-refractivity contribution in [2.45, 2.75) is 19.4 Å². The Hall–Kier alpha value is -3.03. The molecule has 1 aromatic heterocycles. The summed E-state index contributed by atoms with van der Waals surface area (Å²) in [6.07, 6.45) is 0.0350. The molecule has 8 heteroatoms. The van der Waals surface area contributed by atoms with Crippen molar-refractivity contribution in [2.75, 3.05) is 24.9 Å². The summed E-state index contributed by atoms with van der Waals surface area (Å²) in [4.78, 5) is 24.4. The van der Waals surface area contributed by atoms with Gasteiger partial charge >= 0.3 is 0 Å². The standard InChI is InChI=1S/C16H18N4O4/c1-9-6-14-18-15(21)8-11(20(14)19-9)16(22)17-10-4-5-12(23-2)13(7-10)24-3/h4-7,11H,8H2,1-3H3,(H,17,22)(H,18,21)/t11-/m0/s1. The quantitative estimate of drug-likeness (QED) is 0.890. The van der Waals surface area contributed by atoms with Gasteiger partial charge in [0.25, 0.3) is 0 Å². The molecule has 0 unspecified atom stereocenters. The first kappa shape index (κ1) is 15.9. The third-order valence-corrected chi connectivity index (χ3v) is 3.75. The minimum atomic E-state index is -0.699. The van der Waals surface area contributed by atoms with Gasteiger partial charge < -0.3 is 20.1 Å². The SMILES string of the molecule is COc1ccc(NC(=O)[C@@H]2CC(=O)Nc3cc(C)nn32)cc1OC. The predicted molar refractivity (Wildman–Crippen MR) is 87.4 cm³/mol. The van der Waals surface area contributed by atoms with E-state index in [1.807, 2.05) is 0 Å². The number of hydrogen-bond donors (Lipinski definition) is 2. The third-order valence-electron chi connectivity index (χ3n) is 3.75. The maximum Gasteiger partial charge on any atom is 0.249 e. The first-order valence-corrected chi connectivity index (χ1v) is 7.40. The molecule has 1 aromatic carbocycles. The first-order chi connectivity index (χ1) is 11.5. The van der Waals surface area contributed by atoms with Gasteiger partial charge in [0.2, 0.25) is 11.8 Å². The average Bonchev–Trinajstić information content (AvgIpc) is 2.93. The van der Waals surface area contributed by atoms with Crippen LogP contribution >= 0.6 is 0 Å². The van der Waals surface area contributed by atoms with Crippen LogP contribution in [-0.4, -0.2) is 35.8 Å². The molecule has 0 saturated carbocycles. The Bertz CT molecular complexity index is 799. The molecule has 1 atom stereocenters. The number of aromatic nitrogens is 2. The zero-order chi connectivity index (χ0) is 17.3. The van der Waals surface area contributed by atoms with E-state index in [9.17, 15) is 9.59 Å². The number of carbonyl (C=O) groups is 2. The van der Waals surface area contributed by atoms with Crippen molar-refractivity contribution in [2.24, 2.45) is 0 Å². The summed E-state index contributed by atoms with van der Waals surface area (Å²) in [6, 6.07) is 6.10. The molecule has 0 bridgehead atoms. The molecule has 1 aliphatic rings. The Morgan fingerprint density at radius 3 is 2.75 bits per heavy atom.